The standard InChI is InChI=1S/C34H29FN4O3S/c1-20(2)22-10-12-24(13-11-22)31-29(33(41)42-4)21(3)36-34-39(31)32(40)28(43-34)18-25-19-38(27-8-6-5-7-9-27)37-30(25)23-14-16-26(35)17-15-23/h5-20,31H,1-4H3/b28-18-. The second kappa shape index (κ2) is 11.4. The SMILES string of the molecule is COC(=O)C1=C(C)N=c2s/c(=C\c3cn(-c4ccccc4)nc3-c3ccc(F)cc3)c(=O)n2C1c1ccc(C(C)C)cc1. The summed E-state index contributed by atoms with van der Waals surface area (Å²) in [5.74, 6) is -0.545. The van der Waals surface area contributed by atoms with Gasteiger partial charge < -0.3 is 4.74 Å². The maximum Gasteiger partial charge on any atom is 0.338 e. The summed E-state index contributed by atoms with van der Waals surface area (Å²) in [5, 5.41) is 4.80. The predicted octanol–water partition coefficient (Wildman–Crippen LogP) is 5.52. The van der Waals surface area contributed by atoms with Gasteiger partial charge in [-0.05, 0) is 66.4 Å². The number of benzene rings is 3. The number of hydrogen-bond donors (Lipinski definition) is 0. The Morgan fingerprint density at radius 3 is 2.37 bits per heavy atom. The molecule has 0 saturated carbocycles. The van der Waals surface area contributed by atoms with E-state index in [1.54, 1.807) is 34.4 Å². The predicted molar refractivity (Wildman–Crippen MR) is 165 cm³/mol. The summed E-state index contributed by atoms with van der Waals surface area (Å²) >= 11 is 1.24. The Labute approximate surface area is 251 Å². The topological polar surface area (TPSA) is 78.5 Å². The summed E-state index contributed by atoms with van der Waals surface area (Å²) in [6.45, 7) is 5.99. The molecule has 1 unspecified atom stereocenters. The van der Waals surface area contributed by atoms with Crippen molar-refractivity contribution in [3.05, 3.63) is 139 Å². The number of aromatic nitrogens is 3. The highest BCUT2D eigenvalue weighted by atomic mass is 32.1. The van der Waals surface area contributed by atoms with Gasteiger partial charge in [0.1, 0.15) is 11.5 Å². The molecule has 7 nitrogen and oxygen atoms in total. The number of carbonyl (C=O) groups is 1. The maximum atomic E-state index is 14.1. The molecule has 1 aliphatic rings. The van der Waals surface area contributed by atoms with Crippen LogP contribution in [0, 0.1) is 5.82 Å². The average Bonchev–Trinajstić information content (AvgIpc) is 3.57. The lowest BCUT2D eigenvalue weighted by Crippen LogP contribution is -2.39. The molecule has 3 heterocycles. The van der Waals surface area contributed by atoms with Crippen LogP contribution in [0.25, 0.3) is 23.0 Å². The molecule has 6 rings (SSSR count). The molecule has 0 fully saturated rings. The third kappa shape index (κ3) is 5.28. The lowest BCUT2D eigenvalue weighted by molar-refractivity contribution is -0.136. The molecule has 43 heavy (non-hydrogen) atoms. The lowest BCUT2D eigenvalue weighted by atomic mass is 9.93. The van der Waals surface area contributed by atoms with Crippen LogP contribution < -0.4 is 14.9 Å². The second-order valence-electron chi connectivity index (χ2n) is 10.6. The molecule has 0 N–H and O–H groups in total. The van der Waals surface area contributed by atoms with Gasteiger partial charge in [-0.15, -0.1) is 0 Å². The number of ether oxygens (including phenoxy) is 1. The number of methoxy groups -OCH3 is 1. The summed E-state index contributed by atoms with van der Waals surface area (Å²) in [5.41, 5.74) is 5.31. The van der Waals surface area contributed by atoms with Crippen LogP contribution in [-0.2, 0) is 9.53 Å². The van der Waals surface area contributed by atoms with Crippen molar-refractivity contribution in [2.75, 3.05) is 7.11 Å². The molecule has 0 saturated heterocycles. The fourth-order valence-electron chi connectivity index (χ4n) is 5.25. The maximum absolute atomic E-state index is 14.1. The van der Waals surface area contributed by atoms with Crippen molar-refractivity contribution in [1.82, 2.24) is 14.3 Å². The number of hydrogen-bond acceptors (Lipinski definition) is 6. The molecule has 9 heteroatoms. The van der Waals surface area contributed by atoms with E-state index in [2.05, 4.69) is 18.8 Å². The minimum Gasteiger partial charge on any atom is -0.466 e. The lowest BCUT2D eigenvalue weighted by Gasteiger charge is -2.24. The van der Waals surface area contributed by atoms with Gasteiger partial charge in [-0.1, -0.05) is 67.6 Å². The van der Waals surface area contributed by atoms with E-state index in [0.717, 1.165) is 16.8 Å². The first-order chi connectivity index (χ1) is 20.7. The third-order valence-electron chi connectivity index (χ3n) is 7.51. The zero-order valence-corrected chi connectivity index (χ0v) is 24.9. The highest BCUT2D eigenvalue weighted by Gasteiger charge is 2.33. The summed E-state index contributed by atoms with van der Waals surface area (Å²) in [6, 6.07) is 23.0. The summed E-state index contributed by atoms with van der Waals surface area (Å²) in [4.78, 5) is 32.3. The molecule has 5 aromatic rings. The molecule has 0 bridgehead atoms. The van der Waals surface area contributed by atoms with E-state index in [-0.39, 0.29) is 11.4 Å². The number of fused-ring (bicyclic) bond motifs is 1. The van der Waals surface area contributed by atoms with E-state index in [1.807, 2.05) is 60.8 Å². The third-order valence-corrected chi connectivity index (χ3v) is 8.50. The van der Waals surface area contributed by atoms with Crippen LogP contribution in [0.5, 0.6) is 0 Å². The van der Waals surface area contributed by atoms with Gasteiger partial charge in [0.15, 0.2) is 4.80 Å². The Kier molecular flexibility index (Phi) is 7.50. The van der Waals surface area contributed by atoms with Crippen LogP contribution in [0.1, 0.15) is 49.4 Å². The second-order valence-corrected chi connectivity index (χ2v) is 11.6. The van der Waals surface area contributed by atoms with Crippen molar-refractivity contribution in [3.8, 4) is 16.9 Å². The molecular weight excluding hydrogens is 563 g/mol. The fraction of sp³-hybridized carbons (Fsp3) is 0.176. The quantitative estimate of drug-likeness (QED) is 0.243. The Hall–Kier alpha value is -4.89. The molecule has 0 spiro atoms. The van der Waals surface area contributed by atoms with Crippen molar-refractivity contribution < 1.29 is 13.9 Å². The van der Waals surface area contributed by atoms with Gasteiger partial charge in [-0.25, -0.2) is 18.9 Å². The minimum absolute atomic E-state index is 0.284. The first-order valence-corrected chi connectivity index (χ1v) is 14.7. The normalized spacial score (nSPS) is 15.0. The fourth-order valence-corrected chi connectivity index (χ4v) is 6.29. The first kappa shape index (κ1) is 28.2. The summed E-state index contributed by atoms with van der Waals surface area (Å²) in [7, 11) is 1.33. The Bertz CT molecular complexity index is 2040. The van der Waals surface area contributed by atoms with Gasteiger partial charge in [0, 0.05) is 17.3 Å². The van der Waals surface area contributed by atoms with Crippen molar-refractivity contribution in [1.29, 1.82) is 0 Å². The number of esters is 1. The number of nitrogens with zero attached hydrogens (tertiary/aromatic N) is 4. The number of rotatable bonds is 6. The van der Waals surface area contributed by atoms with Gasteiger partial charge in [-0.2, -0.15) is 5.10 Å². The van der Waals surface area contributed by atoms with Crippen LogP contribution >= 0.6 is 11.3 Å². The van der Waals surface area contributed by atoms with Crippen molar-refractivity contribution in [2.45, 2.75) is 32.7 Å². The first-order valence-electron chi connectivity index (χ1n) is 13.9. The Morgan fingerprint density at radius 2 is 1.72 bits per heavy atom. The van der Waals surface area contributed by atoms with Crippen LogP contribution in [0.3, 0.4) is 0 Å². The largest absolute Gasteiger partial charge is 0.466 e. The molecule has 1 atom stereocenters. The van der Waals surface area contributed by atoms with Crippen LogP contribution in [0.2, 0.25) is 0 Å². The zero-order chi connectivity index (χ0) is 30.2. The highest BCUT2D eigenvalue weighted by Crippen LogP contribution is 2.31. The summed E-state index contributed by atoms with van der Waals surface area (Å²) in [6.07, 6.45) is 3.63. The Morgan fingerprint density at radius 1 is 1.02 bits per heavy atom. The molecule has 0 radical (unpaired) electrons. The van der Waals surface area contributed by atoms with Crippen LogP contribution in [0.15, 0.2) is 106 Å². The zero-order valence-electron chi connectivity index (χ0n) is 24.1. The van der Waals surface area contributed by atoms with Gasteiger partial charge in [0.25, 0.3) is 5.56 Å². The van der Waals surface area contributed by atoms with Crippen molar-refractivity contribution >= 4 is 23.4 Å². The summed E-state index contributed by atoms with van der Waals surface area (Å²) < 4.78 is 22.6. The molecule has 1 aliphatic heterocycles. The molecule has 0 amide bonds. The van der Waals surface area contributed by atoms with Crippen LogP contribution in [0.4, 0.5) is 4.39 Å². The number of para-hydroxylation sites is 1. The molecule has 0 aliphatic carbocycles. The van der Waals surface area contributed by atoms with E-state index < -0.39 is 12.0 Å². The van der Waals surface area contributed by atoms with Gasteiger partial charge in [0.2, 0.25) is 0 Å². The van der Waals surface area contributed by atoms with E-state index in [4.69, 9.17) is 9.84 Å². The number of carbonyl (C=O) groups excluding carboxylic acids is 1. The van der Waals surface area contributed by atoms with E-state index in [1.165, 1.54) is 30.6 Å². The minimum atomic E-state index is -0.698. The average molecular weight is 593 g/mol. The van der Waals surface area contributed by atoms with Crippen molar-refractivity contribution in [3.63, 3.8) is 0 Å². The number of allylic oxidation sites excluding steroid dienone is 1. The molecule has 2 aromatic heterocycles. The highest BCUT2D eigenvalue weighted by molar-refractivity contribution is 7.07. The molecular formula is C34H29FN4O3S. The van der Waals surface area contributed by atoms with E-state index in [0.29, 0.717) is 43.3 Å². The van der Waals surface area contributed by atoms with E-state index >= 15 is 0 Å². The monoisotopic (exact) mass is 592 g/mol. The van der Waals surface area contributed by atoms with Gasteiger partial charge in [0.05, 0.1) is 34.6 Å². The Balaban J connectivity index is 1.55. The molecule has 216 valence electrons. The smallest absolute Gasteiger partial charge is 0.338 e. The van der Waals surface area contributed by atoms with Gasteiger partial charge in [-0.3, -0.25) is 9.36 Å². The number of thiazole rings is 1. The van der Waals surface area contributed by atoms with Crippen LogP contribution in [-0.4, -0.2) is 27.4 Å². The molecule has 3 aromatic carbocycles. The number of halogens is 1. The van der Waals surface area contributed by atoms with E-state index in [9.17, 15) is 14.0 Å². The van der Waals surface area contributed by atoms with Crippen molar-refractivity contribution in [2.24, 2.45) is 4.99 Å². The van der Waals surface area contributed by atoms with Gasteiger partial charge >= 0.3 is 5.97 Å².